The third-order valence-corrected chi connectivity index (χ3v) is 3.02. The molecule has 2 heterocycles. The first-order valence-corrected chi connectivity index (χ1v) is 6.01. The van der Waals surface area contributed by atoms with E-state index in [1.807, 2.05) is 28.9 Å². The summed E-state index contributed by atoms with van der Waals surface area (Å²) >= 11 is 0. The molecular weight excluding hydrogens is 243 g/mol. The number of hydrogen-bond acceptors (Lipinski definition) is 2. The van der Waals surface area contributed by atoms with Crippen LogP contribution < -0.4 is 4.74 Å². The molecule has 19 heavy (non-hydrogen) atoms. The number of fused-ring (bicyclic) bond motifs is 1. The van der Waals surface area contributed by atoms with Gasteiger partial charge in [-0.25, -0.2) is 9.37 Å². The van der Waals surface area contributed by atoms with Gasteiger partial charge in [0.2, 0.25) is 0 Å². The van der Waals surface area contributed by atoms with Crippen LogP contribution in [0.2, 0.25) is 0 Å². The third-order valence-electron chi connectivity index (χ3n) is 3.02. The van der Waals surface area contributed by atoms with Crippen LogP contribution >= 0.6 is 0 Å². The number of nitrogens with zero attached hydrogens (tertiary/aromatic N) is 2. The first-order valence-electron chi connectivity index (χ1n) is 6.01. The molecule has 0 atom stereocenters. The van der Waals surface area contributed by atoms with Gasteiger partial charge in [-0.3, -0.25) is 0 Å². The lowest BCUT2D eigenvalue weighted by Crippen LogP contribution is -1.88. The van der Waals surface area contributed by atoms with Crippen molar-refractivity contribution in [2.24, 2.45) is 0 Å². The van der Waals surface area contributed by atoms with E-state index in [2.05, 4.69) is 4.98 Å². The lowest BCUT2D eigenvalue weighted by Gasteiger charge is -1.98. The highest BCUT2D eigenvalue weighted by Crippen LogP contribution is 2.16. The first kappa shape index (κ1) is 11.7. The molecule has 0 bridgehead atoms. The summed E-state index contributed by atoms with van der Waals surface area (Å²) in [5, 5.41) is 0. The van der Waals surface area contributed by atoms with E-state index < -0.39 is 0 Å². The molecule has 0 aliphatic heterocycles. The molecule has 0 fully saturated rings. The quantitative estimate of drug-likeness (QED) is 0.720. The van der Waals surface area contributed by atoms with Gasteiger partial charge in [-0.05, 0) is 23.8 Å². The van der Waals surface area contributed by atoms with Crippen molar-refractivity contribution in [3.8, 4) is 5.75 Å². The second-order valence-corrected chi connectivity index (χ2v) is 4.37. The van der Waals surface area contributed by atoms with Gasteiger partial charge in [0.25, 0.3) is 0 Å². The summed E-state index contributed by atoms with van der Waals surface area (Å²) in [7, 11) is 1.63. The van der Waals surface area contributed by atoms with Gasteiger partial charge in [0.05, 0.1) is 12.8 Å². The second kappa shape index (κ2) is 4.72. The summed E-state index contributed by atoms with van der Waals surface area (Å²) in [5.41, 5.74) is 2.83. The lowest BCUT2D eigenvalue weighted by molar-refractivity contribution is 0.414. The predicted octanol–water partition coefficient (Wildman–Crippen LogP) is 3.07. The van der Waals surface area contributed by atoms with Crippen molar-refractivity contribution in [2.75, 3.05) is 7.11 Å². The summed E-state index contributed by atoms with van der Waals surface area (Å²) < 4.78 is 20.0. The van der Waals surface area contributed by atoms with Crippen LogP contribution in [0.1, 0.15) is 11.3 Å². The normalized spacial score (nSPS) is 10.8. The average molecular weight is 256 g/mol. The van der Waals surface area contributed by atoms with E-state index in [0.29, 0.717) is 6.42 Å². The SMILES string of the molecule is COc1ccn2cc(Cc3ccc(F)cc3)nc2c1. The Morgan fingerprint density at radius 2 is 2.00 bits per heavy atom. The minimum atomic E-state index is -0.219. The Kier molecular flexibility index (Phi) is 2.91. The van der Waals surface area contributed by atoms with Gasteiger partial charge in [0.15, 0.2) is 0 Å². The van der Waals surface area contributed by atoms with Crippen molar-refractivity contribution in [3.05, 3.63) is 65.9 Å². The molecule has 4 heteroatoms. The number of hydrogen-bond donors (Lipinski definition) is 0. The maximum absolute atomic E-state index is 12.8. The van der Waals surface area contributed by atoms with Crippen molar-refractivity contribution in [2.45, 2.75) is 6.42 Å². The Morgan fingerprint density at radius 3 is 2.74 bits per heavy atom. The van der Waals surface area contributed by atoms with Gasteiger partial charge in [0.1, 0.15) is 17.2 Å². The number of halogens is 1. The molecule has 0 aliphatic carbocycles. The third kappa shape index (κ3) is 2.42. The molecule has 1 aromatic carbocycles. The smallest absolute Gasteiger partial charge is 0.140 e. The molecule has 0 radical (unpaired) electrons. The van der Waals surface area contributed by atoms with E-state index in [1.165, 1.54) is 12.1 Å². The molecule has 0 N–H and O–H groups in total. The van der Waals surface area contributed by atoms with Crippen molar-refractivity contribution in [1.82, 2.24) is 9.38 Å². The van der Waals surface area contributed by atoms with E-state index in [9.17, 15) is 4.39 Å². The van der Waals surface area contributed by atoms with E-state index in [1.54, 1.807) is 19.2 Å². The zero-order valence-corrected chi connectivity index (χ0v) is 10.5. The predicted molar refractivity (Wildman–Crippen MR) is 71.0 cm³/mol. The molecule has 3 aromatic rings. The highest BCUT2D eigenvalue weighted by molar-refractivity contribution is 5.46. The summed E-state index contributed by atoms with van der Waals surface area (Å²) in [5.74, 6) is 0.565. The van der Waals surface area contributed by atoms with Gasteiger partial charge in [-0.2, -0.15) is 0 Å². The van der Waals surface area contributed by atoms with Crippen molar-refractivity contribution in [3.63, 3.8) is 0 Å². The molecule has 0 saturated carbocycles. The van der Waals surface area contributed by atoms with E-state index in [0.717, 1.165) is 22.7 Å². The number of aromatic nitrogens is 2. The fourth-order valence-corrected chi connectivity index (χ4v) is 2.04. The number of imidazole rings is 1. The molecule has 3 rings (SSSR count). The summed E-state index contributed by atoms with van der Waals surface area (Å²) in [4.78, 5) is 4.53. The summed E-state index contributed by atoms with van der Waals surface area (Å²) in [6, 6.07) is 10.3. The zero-order chi connectivity index (χ0) is 13.2. The molecule has 0 saturated heterocycles. The Morgan fingerprint density at radius 1 is 1.21 bits per heavy atom. The second-order valence-electron chi connectivity index (χ2n) is 4.37. The largest absolute Gasteiger partial charge is 0.497 e. The van der Waals surface area contributed by atoms with Gasteiger partial charge in [0, 0.05) is 24.9 Å². The average Bonchev–Trinajstić information content (AvgIpc) is 2.82. The number of ether oxygens (including phenoxy) is 1. The van der Waals surface area contributed by atoms with Crippen LogP contribution in [0.4, 0.5) is 4.39 Å². The fourth-order valence-electron chi connectivity index (χ4n) is 2.04. The molecule has 0 amide bonds. The number of benzene rings is 1. The van der Waals surface area contributed by atoms with E-state index in [-0.39, 0.29) is 5.82 Å². The summed E-state index contributed by atoms with van der Waals surface area (Å²) in [6.45, 7) is 0. The van der Waals surface area contributed by atoms with Crippen molar-refractivity contribution >= 4 is 5.65 Å². The highest BCUT2D eigenvalue weighted by atomic mass is 19.1. The van der Waals surface area contributed by atoms with Crippen LogP contribution in [0.5, 0.6) is 5.75 Å². The number of rotatable bonds is 3. The van der Waals surface area contributed by atoms with Crippen LogP contribution in [0, 0.1) is 5.82 Å². The van der Waals surface area contributed by atoms with Crippen LogP contribution in [0.3, 0.4) is 0 Å². The minimum Gasteiger partial charge on any atom is -0.497 e. The van der Waals surface area contributed by atoms with E-state index in [4.69, 9.17) is 4.74 Å². The monoisotopic (exact) mass is 256 g/mol. The molecule has 2 aromatic heterocycles. The lowest BCUT2D eigenvalue weighted by atomic mass is 10.1. The topological polar surface area (TPSA) is 26.5 Å². The number of methoxy groups -OCH3 is 1. The van der Waals surface area contributed by atoms with Gasteiger partial charge in [-0.1, -0.05) is 12.1 Å². The van der Waals surface area contributed by atoms with Gasteiger partial charge in [-0.15, -0.1) is 0 Å². The molecule has 96 valence electrons. The Hall–Kier alpha value is -2.36. The van der Waals surface area contributed by atoms with Gasteiger partial charge < -0.3 is 9.14 Å². The van der Waals surface area contributed by atoms with Crippen molar-refractivity contribution in [1.29, 1.82) is 0 Å². The molecule has 3 nitrogen and oxygen atoms in total. The number of pyridine rings is 1. The van der Waals surface area contributed by atoms with Gasteiger partial charge >= 0.3 is 0 Å². The molecule has 0 unspecified atom stereocenters. The molecular formula is C15H13FN2O. The first-order chi connectivity index (χ1) is 9.24. The van der Waals surface area contributed by atoms with Crippen LogP contribution in [-0.2, 0) is 6.42 Å². The molecule has 0 aliphatic rings. The van der Waals surface area contributed by atoms with Crippen molar-refractivity contribution < 1.29 is 9.13 Å². The fraction of sp³-hybridized carbons (Fsp3) is 0.133. The van der Waals surface area contributed by atoms with Crippen LogP contribution in [0.15, 0.2) is 48.8 Å². The zero-order valence-electron chi connectivity index (χ0n) is 10.5. The maximum Gasteiger partial charge on any atom is 0.140 e. The van der Waals surface area contributed by atoms with E-state index >= 15 is 0 Å². The Bertz CT molecular complexity index is 704. The highest BCUT2D eigenvalue weighted by Gasteiger charge is 2.04. The Labute approximate surface area is 110 Å². The standard InChI is InChI=1S/C15H13FN2O/c1-19-14-6-7-18-10-13(17-15(18)9-14)8-11-2-4-12(16)5-3-11/h2-7,9-10H,8H2,1H3. The summed E-state index contributed by atoms with van der Waals surface area (Å²) in [6.07, 6.45) is 4.57. The maximum atomic E-state index is 12.8. The Balaban J connectivity index is 1.90. The van der Waals surface area contributed by atoms with Crippen LogP contribution in [-0.4, -0.2) is 16.5 Å². The molecule has 0 spiro atoms. The van der Waals surface area contributed by atoms with Crippen LogP contribution in [0.25, 0.3) is 5.65 Å². The minimum absolute atomic E-state index is 0.219.